The number of hydrogen-bond acceptors (Lipinski definition) is 2. The highest BCUT2D eigenvalue weighted by atomic mass is 79.9. The molecule has 4 heteroatoms. The van der Waals surface area contributed by atoms with Crippen LogP contribution in [-0.4, -0.2) is 16.9 Å². The third-order valence-electron chi connectivity index (χ3n) is 2.47. The molecule has 0 bridgehead atoms. The number of ether oxygens (including phenoxy) is 1. The zero-order chi connectivity index (χ0) is 13.5. The second kappa shape index (κ2) is 7.80. The van der Waals surface area contributed by atoms with Crippen molar-refractivity contribution in [1.82, 2.24) is 0 Å². The maximum atomic E-state index is 11.6. The Morgan fingerprint density at radius 3 is 2.67 bits per heavy atom. The van der Waals surface area contributed by atoms with Gasteiger partial charge in [-0.05, 0) is 44.7 Å². The van der Waals surface area contributed by atoms with E-state index in [1.807, 2.05) is 38.1 Å². The van der Waals surface area contributed by atoms with Crippen molar-refractivity contribution in [2.24, 2.45) is 0 Å². The average Bonchev–Trinajstić information content (AvgIpc) is 2.30. The first-order valence-corrected chi connectivity index (χ1v) is 7.38. The Morgan fingerprint density at radius 2 is 2.06 bits per heavy atom. The number of hydrogen-bond donors (Lipinski definition) is 0. The summed E-state index contributed by atoms with van der Waals surface area (Å²) < 4.78 is 5.13. The first-order valence-electron chi connectivity index (χ1n) is 6.08. The van der Waals surface area contributed by atoms with Gasteiger partial charge in [-0.15, -0.1) is 0 Å². The van der Waals surface area contributed by atoms with Crippen LogP contribution in [0.1, 0.15) is 32.3 Å². The Morgan fingerprint density at radius 1 is 1.39 bits per heavy atom. The quantitative estimate of drug-likeness (QED) is 0.570. The highest BCUT2D eigenvalue weighted by Gasteiger charge is 2.17. The van der Waals surface area contributed by atoms with E-state index >= 15 is 0 Å². The molecule has 100 valence electrons. The van der Waals surface area contributed by atoms with Gasteiger partial charge in [-0.25, -0.2) is 0 Å². The molecular weight excluding hydrogens is 316 g/mol. The largest absolute Gasteiger partial charge is 0.462 e. The summed E-state index contributed by atoms with van der Waals surface area (Å²) in [6, 6.07) is 7.78. The van der Waals surface area contributed by atoms with E-state index in [0.29, 0.717) is 0 Å². The normalized spacial score (nSPS) is 12.5. The molecule has 0 aromatic heterocycles. The van der Waals surface area contributed by atoms with E-state index in [2.05, 4.69) is 15.9 Å². The van der Waals surface area contributed by atoms with Crippen molar-refractivity contribution in [2.45, 2.75) is 44.0 Å². The molecule has 1 atom stereocenters. The predicted octanol–water partition coefficient (Wildman–Crippen LogP) is 4.38. The minimum atomic E-state index is -0.234. The van der Waals surface area contributed by atoms with Crippen molar-refractivity contribution < 1.29 is 9.53 Å². The summed E-state index contributed by atoms with van der Waals surface area (Å²) in [6.45, 7) is 3.70. The lowest BCUT2D eigenvalue weighted by atomic mass is 10.1. The van der Waals surface area contributed by atoms with Crippen LogP contribution in [0.25, 0.3) is 0 Å². The molecule has 1 unspecified atom stereocenters. The molecule has 0 amide bonds. The third-order valence-corrected chi connectivity index (χ3v) is 3.67. The van der Waals surface area contributed by atoms with E-state index in [4.69, 9.17) is 16.3 Å². The zero-order valence-corrected chi connectivity index (χ0v) is 13.0. The highest BCUT2D eigenvalue weighted by molar-refractivity contribution is 9.10. The van der Waals surface area contributed by atoms with Crippen molar-refractivity contribution in [3.8, 4) is 0 Å². The van der Waals surface area contributed by atoms with Crippen LogP contribution in [0.5, 0.6) is 0 Å². The van der Waals surface area contributed by atoms with Crippen LogP contribution >= 0.6 is 27.5 Å². The van der Waals surface area contributed by atoms with E-state index in [1.54, 1.807) is 0 Å². The topological polar surface area (TPSA) is 26.3 Å². The molecule has 0 fully saturated rings. The summed E-state index contributed by atoms with van der Waals surface area (Å²) in [5.74, 6) is -0.191. The summed E-state index contributed by atoms with van der Waals surface area (Å²) in [5, 5.41) is 0.786. The second-order valence-electron chi connectivity index (χ2n) is 4.44. The summed E-state index contributed by atoms with van der Waals surface area (Å²) in [7, 11) is 0. The zero-order valence-electron chi connectivity index (χ0n) is 10.7. The van der Waals surface area contributed by atoms with Gasteiger partial charge in [-0.3, -0.25) is 4.79 Å². The molecule has 0 aliphatic heterocycles. The number of benzene rings is 1. The van der Waals surface area contributed by atoms with Gasteiger partial charge < -0.3 is 4.74 Å². The molecular formula is C14H18BrClO2. The number of esters is 1. The van der Waals surface area contributed by atoms with Gasteiger partial charge in [0.2, 0.25) is 0 Å². The fourth-order valence-electron chi connectivity index (χ4n) is 1.60. The molecule has 2 nitrogen and oxygen atoms in total. The third kappa shape index (κ3) is 5.40. The molecule has 0 aliphatic rings. The summed E-state index contributed by atoms with van der Waals surface area (Å²) >= 11 is 9.42. The van der Waals surface area contributed by atoms with Crippen LogP contribution in [0.15, 0.2) is 24.3 Å². The van der Waals surface area contributed by atoms with Crippen LogP contribution in [0.4, 0.5) is 0 Å². The Hall–Kier alpha value is -0.540. The molecule has 1 rings (SSSR count). The van der Waals surface area contributed by atoms with Crippen molar-refractivity contribution in [2.75, 3.05) is 0 Å². The monoisotopic (exact) mass is 332 g/mol. The molecule has 18 heavy (non-hydrogen) atoms. The smallest absolute Gasteiger partial charge is 0.319 e. The fourth-order valence-corrected chi connectivity index (χ4v) is 2.26. The number of rotatable bonds is 6. The van der Waals surface area contributed by atoms with Gasteiger partial charge in [0.15, 0.2) is 0 Å². The summed E-state index contributed by atoms with van der Waals surface area (Å²) in [6.07, 6.45) is 2.45. The first kappa shape index (κ1) is 15.5. The molecule has 0 saturated heterocycles. The highest BCUT2D eigenvalue weighted by Crippen LogP contribution is 2.19. The molecule has 0 spiro atoms. The van der Waals surface area contributed by atoms with Crippen molar-refractivity contribution in [3.63, 3.8) is 0 Å². The first-order chi connectivity index (χ1) is 8.50. The fraction of sp³-hybridized carbons (Fsp3) is 0.500. The Bertz CT molecular complexity index is 393. The van der Waals surface area contributed by atoms with Gasteiger partial charge in [-0.2, -0.15) is 0 Å². The summed E-state index contributed by atoms with van der Waals surface area (Å²) in [5.41, 5.74) is 1.12. The molecule has 0 radical (unpaired) electrons. The number of carbonyl (C=O) groups excluding carboxylic acids is 1. The van der Waals surface area contributed by atoms with Crippen LogP contribution in [-0.2, 0) is 16.0 Å². The van der Waals surface area contributed by atoms with E-state index in [-0.39, 0.29) is 16.9 Å². The lowest BCUT2D eigenvalue weighted by Gasteiger charge is -2.12. The van der Waals surface area contributed by atoms with Crippen LogP contribution < -0.4 is 0 Å². The van der Waals surface area contributed by atoms with Crippen LogP contribution in [0, 0.1) is 0 Å². The Balaban J connectivity index is 2.34. The van der Waals surface area contributed by atoms with Crippen molar-refractivity contribution >= 4 is 33.5 Å². The molecule has 1 aromatic carbocycles. The van der Waals surface area contributed by atoms with Gasteiger partial charge in [0.25, 0.3) is 0 Å². The molecule has 0 aliphatic carbocycles. The number of aryl methyl sites for hydroxylation is 1. The van der Waals surface area contributed by atoms with Gasteiger partial charge in [0.05, 0.1) is 6.10 Å². The van der Waals surface area contributed by atoms with Gasteiger partial charge in [-0.1, -0.05) is 45.7 Å². The molecule has 1 aromatic rings. The second-order valence-corrected chi connectivity index (χ2v) is 5.95. The minimum absolute atomic E-state index is 0.0684. The average molecular weight is 334 g/mol. The SMILES string of the molecule is CC(C)OC(=O)C(Br)CCCc1ccccc1Cl. The van der Waals surface area contributed by atoms with Crippen LogP contribution in [0.3, 0.4) is 0 Å². The van der Waals surface area contributed by atoms with Crippen LogP contribution in [0.2, 0.25) is 5.02 Å². The number of carbonyl (C=O) groups is 1. The van der Waals surface area contributed by atoms with Gasteiger partial charge in [0.1, 0.15) is 4.83 Å². The van der Waals surface area contributed by atoms with Gasteiger partial charge in [0, 0.05) is 5.02 Å². The standard InChI is InChI=1S/C14H18BrClO2/c1-10(2)18-14(17)12(15)8-5-7-11-6-3-4-9-13(11)16/h3-4,6,9-10,12H,5,7-8H2,1-2H3. The molecule has 0 heterocycles. The maximum Gasteiger partial charge on any atom is 0.319 e. The molecule has 0 saturated carbocycles. The van der Waals surface area contributed by atoms with E-state index in [0.717, 1.165) is 29.8 Å². The van der Waals surface area contributed by atoms with E-state index in [9.17, 15) is 4.79 Å². The maximum absolute atomic E-state index is 11.6. The van der Waals surface area contributed by atoms with Gasteiger partial charge >= 0.3 is 5.97 Å². The van der Waals surface area contributed by atoms with Crippen molar-refractivity contribution in [3.05, 3.63) is 34.9 Å². The van der Waals surface area contributed by atoms with E-state index < -0.39 is 0 Å². The minimum Gasteiger partial charge on any atom is -0.462 e. The van der Waals surface area contributed by atoms with E-state index in [1.165, 1.54) is 0 Å². The van der Waals surface area contributed by atoms with Crippen molar-refractivity contribution in [1.29, 1.82) is 0 Å². The number of alkyl halides is 1. The lowest BCUT2D eigenvalue weighted by Crippen LogP contribution is -2.21. The predicted molar refractivity (Wildman–Crippen MR) is 78.3 cm³/mol. The summed E-state index contributed by atoms with van der Waals surface area (Å²) in [4.78, 5) is 11.3. The lowest BCUT2D eigenvalue weighted by molar-refractivity contribution is -0.146. The number of halogens is 2. The Labute approximate surface area is 122 Å². The Kier molecular flexibility index (Phi) is 6.72. The molecule has 0 N–H and O–H groups in total.